The van der Waals surface area contributed by atoms with Crippen LogP contribution >= 0.6 is 11.6 Å². The van der Waals surface area contributed by atoms with Gasteiger partial charge >= 0.3 is 11.7 Å². The number of aromatic nitrogens is 1. The summed E-state index contributed by atoms with van der Waals surface area (Å²) in [6.45, 7) is -0.524. The largest absolute Gasteiger partial charge is 0.467 e. The quantitative estimate of drug-likeness (QED) is 0.730. The molecule has 1 heterocycles. The highest BCUT2D eigenvalue weighted by atomic mass is 35.5. The van der Waals surface area contributed by atoms with E-state index in [9.17, 15) is 14.4 Å². The Balaban J connectivity index is 2.06. The minimum atomic E-state index is -1.14. The molecule has 0 radical (unpaired) electrons. The standard InChI is InChI=1S/C14H15ClN2O6/c1-22-13(20)9(7-18)16-12(19)4-5-17-10-3-2-8(15)6-11(10)23-14(17)21/h2-3,6,9,18H,4-5,7H2,1H3,(H,16,19)/t9-/m0/s1. The molecule has 0 fully saturated rings. The minimum Gasteiger partial charge on any atom is -0.467 e. The number of hydrogen-bond donors (Lipinski definition) is 2. The first-order valence-corrected chi connectivity index (χ1v) is 7.11. The second-order valence-electron chi connectivity index (χ2n) is 4.71. The summed E-state index contributed by atoms with van der Waals surface area (Å²) >= 11 is 5.82. The lowest BCUT2D eigenvalue weighted by atomic mass is 10.3. The molecule has 1 atom stereocenters. The molecule has 0 bridgehead atoms. The van der Waals surface area contributed by atoms with Gasteiger partial charge in [-0.25, -0.2) is 9.59 Å². The van der Waals surface area contributed by atoms with Crippen molar-refractivity contribution in [1.29, 1.82) is 0 Å². The van der Waals surface area contributed by atoms with Crippen LogP contribution in [0.1, 0.15) is 6.42 Å². The van der Waals surface area contributed by atoms with Gasteiger partial charge in [-0.3, -0.25) is 9.36 Å². The molecule has 0 aliphatic rings. The summed E-state index contributed by atoms with van der Waals surface area (Å²) in [5.41, 5.74) is 0.838. The monoisotopic (exact) mass is 342 g/mol. The summed E-state index contributed by atoms with van der Waals surface area (Å²) < 4.78 is 10.8. The molecule has 9 heteroatoms. The molecule has 0 spiro atoms. The normalized spacial score (nSPS) is 12.1. The molecular formula is C14H15ClN2O6. The second-order valence-corrected chi connectivity index (χ2v) is 5.14. The van der Waals surface area contributed by atoms with E-state index in [-0.39, 0.29) is 13.0 Å². The predicted molar refractivity (Wildman–Crippen MR) is 81.1 cm³/mol. The number of oxazole rings is 1. The third kappa shape index (κ3) is 3.91. The first kappa shape index (κ1) is 17.0. The predicted octanol–water partition coefficient (Wildman–Crippen LogP) is 0.288. The molecule has 2 rings (SSSR count). The van der Waals surface area contributed by atoms with Crippen molar-refractivity contribution in [2.75, 3.05) is 13.7 Å². The zero-order valence-corrected chi connectivity index (χ0v) is 13.0. The third-order valence-corrected chi connectivity index (χ3v) is 3.43. The number of esters is 1. The van der Waals surface area contributed by atoms with Crippen molar-refractivity contribution in [2.45, 2.75) is 19.0 Å². The minimum absolute atomic E-state index is 0.0542. The molecule has 1 aromatic heterocycles. The van der Waals surface area contributed by atoms with Gasteiger partial charge in [-0.15, -0.1) is 0 Å². The second kappa shape index (κ2) is 7.30. The average molecular weight is 343 g/mol. The van der Waals surface area contributed by atoms with Crippen molar-refractivity contribution in [3.63, 3.8) is 0 Å². The number of carbonyl (C=O) groups is 2. The summed E-state index contributed by atoms with van der Waals surface area (Å²) in [7, 11) is 1.15. The number of nitrogens with zero attached hydrogens (tertiary/aromatic N) is 1. The maximum atomic E-state index is 11.8. The number of nitrogens with one attached hydrogen (secondary N) is 1. The van der Waals surface area contributed by atoms with Gasteiger partial charge in [-0.05, 0) is 12.1 Å². The van der Waals surface area contributed by atoms with Crippen molar-refractivity contribution in [3.05, 3.63) is 33.8 Å². The number of halogens is 1. The van der Waals surface area contributed by atoms with Crippen molar-refractivity contribution in [1.82, 2.24) is 9.88 Å². The Morgan fingerprint density at radius 2 is 2.22 bits per heavy atom. The van der Waals surface area contributed by atoms with Gasteiger partial charge in [0.1, 0.15) is 0 Å². The van der Waals surface area contributed by atoms with E-state index >= 15 is 0 Å². The van der Waals surface area contributed by atoms with E-state index in [2.05, 4.69) is 10.1 Å². The molecule has 0 saturated carbocycles. The number of amides is 1. The average Bonchev–Trinajstić information content (AvgIpc) is 2.84. The van der Waals surface area contributed by atoms with E-state index in [4.69, 9.17) is 21.1 Å². The number of aliphatic hydroxyl groups excluding tert-OH is 1. The lowest BCUT2D eigenvalue weighted by molar-refractivity contribution is -0.146. The van der Waals surface area contributed by atoms with Crippen LogP contribution in [0.15, 0.2) is 27.4 Å². The fraction of sp³-hybridized carbons (Fsp3) is 0.357. The van der Waals surface area contributed by atoms with Crippen molar-refractivity contribution < 1.29 is 23.8 Å². The van der Waals surface area contributed by atoms with Crippen LogP contribution in [-0.2, 0) is 20.9 Å². The number of ether oxygens (including phenoxy) is 1. The highest BCUT2D eigenvalue weighted by Gasteiger charge is 2.20. The van der Waals surface area contributed by atoms with E-state index in [1.165, 1.54) is 10.6 Å². The molecule has 0 aliphatic carbocycles. The fourth-order valence-corrected chi connectivity index (χ4v) is 2.22. The Bertz CT molecular complexity index is 781. The first-order valence-electron chi connectivity index (χ1n) is 6.73. The van der Waals surface area contributed by atoms with Crippen LogP contribution in [0, 0.1) is 0 Å². The van der Waals surface area contributed by atoms with Gasteiger partial charge in [0.25, 0.3) is 0 Å². The van der Waals surface area contributed by atoms with Crippen LogP contribution in [0.3, 0.4) is 0 Å². The van der Waals surface area contributed by atoms with Crippen LogP contribution in [0.5, 0.6) is 0 Å². The number of aryl methyl sites for hydroxylation is 1. The topological polar surface area (TPSA) is 111 Å². The molecule has 2 aromatic rings. The van der Waals surface area contributed by atoms with Crippen LogP contribution in [-0.4, -0.2) is 41.3 Å². The number of rotatable bonds is 6. The molecule has 23 heavy (non-hydrogen) atoms. The molecule has 124 valence electrons. The van der Waals surface area contributed by atoms with Crippen LogP contribution in [0.25, 0.3) is 11.1 Å². The maximum Gasteiger partial charge on any atom is 0.419 e. The van der Waals surface area contributed by atoms with Crippen LogP contribution < -0.4 is 11.1 Å². The van der Waals surface area contributed by atoms with Crippen molar-refractivity contribution in [2.24, 2.45) is 0 Å². The molecule has 0 aliphatic heterocycles. The number of hydrogen-bond acceptors (Lipinski definition) is 6. The number of fused-ring (bicyclic) bond motifs is 1. The van der Waals surface area contributed by atoms with E-state index < -0.39 is 30.3 Å². The van der Waals surface area contributed by atoms with Gasteiger partial charge in [-0.1, -0.05) is 11.6 Å². The molecule has 8 nitrogen and oxygen atoms in total. The lowest BCUT2D eigenvalue weighted by Crippen LogP contribution is -2.44. The fourth-order valence-electron chi connectivity index (χ4n) is 2.05. The van der Waals surface area contributed by atoms with Gasteiger partial charge in [0.2, 0.25) is 5.91 Å². The van der Waals surface area contributed by atoms with E-state index in [0.717, 1.165) is 7.11 Å². The van der Waals surface area contributed by atoms with E-state index in [0.29, 0.717) is 16.1 Å². The Morgan fingerprint density at radius 1 is 1.48 bits per heavy atom. The molecular weight excluding hydrogens is 328 g/mol. The SMILES string of the molecule is COC(=O)[C@H](CO)NC(=O)CCn1c(=O)oc2cc(Cl)ccc21. The number of aliphatic hydroxyl groups is 1. The Morgan fingerprint density at radius 3 is 2.87 bits per heavy atom. The summed E-state index contributed by atoms with van der Waals surface area (Å²) in [6.07, 6.45) is -0.0787. The van der Waals surface area contributed by atoms with Gasteiger partial charge in [0.05, 0.1) is 19.2 Å². The molecule has 1 amide bonds. The van der Waals surface area contributed by atoms with Gasteiger partial charge in [0, 0.05) is 24.1 Å². The van der Waals surface area contributed by atoms with E-state index in [1.54, 1.807) is 12.1 Å². The van der Waals surface area contributed by atoms with Crippen LogP contribution in [0.4, 0.5) is 0 Å². The Kier molecular flexibility index (Phi) is 5.41. The van der Waals surface area contributed by atoms with Gasteiger partial charge in [0.15, 0.2) is 11.6 Å². The summed E-state index contributed by atoms with van der Waals surface area (Å²) in [4.78, 5) is 34.9. The third-order valence-electron chi connectivity index (χ3n) is 3.20. The van der Waals surface area contributed by atoms with Gasteiger partial charge in [-0.2, -0.15) is 0 Å². The molecule has 0 saturated heterocycles. The number of benzene rings is 1. The summed E-state index contributed by atoms with van der Waals surface area (Å²) in [6, 6.07) is 3.59. The Labute approximate surface area is 135 Å². The molecule has 0 unspecified atom stereocenters. The van der Waals surface area contributed by atoms with Crippen molar-refractivity contribution in [3.8, 4) is 0 Å². The lowest BCUT2D eigenvalue weighted by Gasteiger charge is -2.13. The van der Waals surface area contributed by atoms with Gasteiger partial charge < -0.3 is 19.6 Å². The summed E-state index contributed by atoms with van der Waals surface area (Å²) in [5, 5.41) is 11.8. The zero-order valence-electron chi connectivity index (χ0n) is 12.2. The van der Waals surface area contributed by atoms with Crippen molar-refractivity contribution >= 4 is 34.6 Å². The maximum absolute atomic E-state index is 11.8. The number of methoxy groups -OCH3 is 1. The van der Waals surface area contributed by atoms with Crippen LogP contribution in [0.2, 0.25) is 5.02 Å². The smallest absolute Gasteiger partial charge is 0.419 e. The molecule has 1 aromatic carbocycles. The highest BCUT2D eigenvalue weighted by Crippen LogP contribution is 2.18. The first-order chi connectivity index (χ1) is 11.0. The zero-order chi connectivity index (χ0) is 17.0. The van der Waals surface area contributed by atoms with E-state index in [1.807, 2.05) is 0 Å². The number of carbonyl (C=O) groups excluding carboxylic acids is 2. The molecule has 2 N–H and O–H groups in total. The summed E-state index contributed by atoms with van der Waals surface area (Å²) in [5.74, 6) is -1.87. The highest BCUT2D eigenvalue weighted by molar-refractivity contribution is 6.31. The Hall–Kier alpha value is -2.32.